The summed E-state index contributed by atoms with van der Waals surface area (Å²) in [5.41, 5.74) is 6.30. The number of primary amides is 1. The summed E-state index contributed by atoms with van der Waals surface area (Å²) in [4.78, 5) is 9.22. The Morgan fingerprint density at radius 2 is 2.21 bits per heavy atom. The molecule has 0 atom stereocenters. The van der Waals surface area contributed by atoms with E-state index in [2.05, 4.69) is 15.9 Å². The van der Waals surface area contributed by atoms with Crippen molar-refractivity contribution in [2.45, 2.75) is 38.5 Å². The van der Waals surface area contributed by atoms with E-state index in [0.29, 0.717) is 0 Å². The Bertz CT molecular complexity index is 269. The minimum atomic E-state index is -0.333. The second-order valence-electron chi connectivity index (χ2n) is 3.37. The van der Waals surface area contributed by atoms with Gasteiger partial charge in [0, 0.05) is 14.3 Å². The van der Waals surface area contributed by atoms with E-state index in [1.54, 1.807) is 11.3 Å². The Balaban J connectivity index is 0.000000346. The van der Waals surface area contributed by atoms with Crippen LogP contribution < -0.4 is 5.73 Å². The van der Waals surface area contributed by atoms with Crippen molar-refractivity contribution in [2.75, 3.05) is 0 Å². The quantitative estimate of drug-likeness (QED) is 0.778. The first-order valence-electron chi connectivity index (χ1n) is 4.72. The molecule has 80 valence electrons. The maximum Gasteiger partial charge on any atom is 0.214 e. The molecule has 0 radical (unpaired) electrons. The number of hydrogen-bond acceptors (Lipinski definition) is 4. The van der Waals surface area contributed by atoms with E-state index in [4.69, 9.17) is 0 Å². The molecular formula is C9H17N3OS. The summed E-state index contributed by atoms with van der Waals surface area (Å²) in [5.74, 6) is 0.410. The summed E-state index contributed by atoms with van der Waals surface area (Å²) in [6.07, 6.45) is 5.42. The van der Waals surface area contributed by atoms with Gasteiger partial charge in [0.2, 0.25) is 5.91 Å². The summed E-state index contributed by atoms with van der Waals surface area (Å²) in [6, 6.07) is 0. The van der Waals surface area contributed by atoms with Gasteiger partial charge in [0.05, 0.1) is 0 Å². The number of carbonyl (C=O) groups excluding carboxylic acids is 1. The lowest BCUT2D eigenvalue weighted by Crippen LogP contribution is -2.01. The van der Waals surface area contributed by atoms with Gasteiger partial charge >= 0.3 is 0 Å². The van der Waals surface area contributed by atoms with Crippen LogP contribution in [-0.4, -0.2) is 16.1 Å². The number of aromatic nitrogens is 2. The predicted molar refractivity (Wildman–Crippen MR) is 58.1 cm³/mol. The Labute approximate surface area is 89.0 Å². The molecule has 0 aromatic carbocycles. The molecule has 1 aliphatic rings. The van der Waals surface area contributed by atoms with Crippen molar-refractivity contribution in [3.8, 4) is 0 Å². The monoisotopic (exact) mass is 215 g/mol. The summed E-state index contributed by atoms with van der Waals surface area (Å²) in [6.45, 7) is 1.31. The molecule has 2 N–H and O–H groups in total. The van der Waals surface area contributed by atoms with Crippen LogP contribution in [0.5, 0.6) is 0 Å². The molecular weight excluding hydrogens is 198 g/mol. The molecule has 0 unspecified atom stereocenters. The zero-order valence-electron chi connectivity index (χ0n) is 8.27. The van der Waals surface area contributed by atoms with Gasteiger partial charge in [0.1, 0.15) is 10.5 Å². The van der Waals surface area contributed by atoms with E-state index in [9.17, 15) is 4.79 Å². The van der Waals surface area contributed by atoms with Gasteiger partial charge in [-0.05, 0) is 12.8 Å². The lowest BCUT2D eigenvalue weighted by Gasteiger charge is -2.00. The molecule has 1 amide bonds. The number of carbonyl (C=O) groups is 1. The first-order valence-corrected chi connectivity index (χ1v) is 5.60. The normalized spacial score (nSPS) is 16.1. The standard InChI is InChI=1S/C7H10N2S.C2H5NO.H2/c1-2-4-6(3-1)7-9-8-5-10-7;1-2(3)4;/h5-6H,1-4H2;1H3,(H2,3,4);1H. The molecule has 1 aromatic rings. The molecule has 0 saturated heterocycles. The molecule has 5 heteroatoms. The van der Waals surface area contributed by atoms with Crippen LogP contribution in [0, 0.1) is 0 Å². The van der Waals surface area contributed by atoms with Crippen LogP contribution in [0.25, 0.3) is 0 Å². The highest BCUT2D eigenvalue weighted by atomic mass is 32.1. The van der Waals surface area contributed by atoms with Gasteiger partial charge in [0.15, 0.2) is 0 Å². The van der Waals surface area contributed by atoms with Crippen LogP contribution in [0.4, 0.5) is 0 Å². The number of rotatable bonds is 1. The maximum atomic E-state index is 9.22. The van der Waals surface area contributed by atoms with Crippen LogP contribution >= 0.6 is 11.3 Å². The highest BCUT2D eigenvalue weighted by Gasteiger charge is 2.19. The maximum absolute atomic E-state index is 9.22. The van der Waals surface area contributed by atoms with Gasteiger partial charge in [-0.3, -0.25) is 4.79 Å². The number of amides is 1. The van der Waals surface area contributed by atoms with Crippen molar-refractivity contribution in [3.05, 3.63) is 10.5 Å². The summed E-state index contributed by atoms with van der Waals surface area (Å²) in [5, 5.41) is 9.15. The Morgan fingerprint density at radius 3 is 2.64 bits per heavy atom. The first kappa shape index (κ1) is 11.1. The van der Waals surface area contributed by atoms with Gasteiger partial charge in [0.25, 0.3) is 0 Å². The highest BCUT2D eigenvalue weighted by molar-refractivity contribution is 7.09. The minimum Gasteiger partial charge on any atom is -0.370 e. The Hall–Kier alpha value is -0.970. The first-order chi connectivity index (χ1) is 6.70. The average Bonchev–Trinajstić information content (AvgIpc) is 2.76. The second kappa shape index (κ2) is 5.70. The largest absolute Gasteiger partial charge is 0.370 e. The lowest BCUT2D eigenvalue weighted by atomic mass is 10.1. The predicted octanol–water partition coefficient (Wildman–Crippen LogP) is 1.93. The van der Waals surface area contributed by atoms with Gasteiger partial charge in [-0.15, -0.1) is 21.5 Å². The molecule has 14 heavy (non-hydrogen) atoms. The van der Waals surface area contributed by atoms with Crippen LogP contribution in [0.1, 0.15) is 45.0 Å². The van der Waals surface area contributed by atoms with E-state index in [-0.39, 0.29) is 7.33 Å². The molecule has 1 aliphatic carbocycles. The third kappa shape index (κ3) is 3.83. The van der Waals surface area contributed by atoms with Gasteiger partial charge < -0.3 is 5.73 Å². The fourth-order valence-electron chi connectivity index (χ4n) is 1.53. The molecule has 0 bridgehead atoms. The third-order valence-electron chi connectivity index (χ3n) is 2.08. The van der Waals surface area contributed by atoms with Crippen molar-refractivity contribution >= 4 is 17.2 Å². The van der Waals surface area contributed by atoms with Crippen molar-refractivity contribution in [1.82, 2.24) is 10.2 Å². The number of nitrogens with zero attached hydrogens (tertiary/aromatic N) is 2. The molecule has 1 saturated carbocycles. The summed E-state index contributed by atoms with van der Waals surface area (Å²) in [7, 11) is 0. The molecule has 0 spiro atoms. The van der Waals surface area contributed by atoms with Crippen molar-refractivity contribution in [3.63, 3.8) is 0 Å². The zero-order chi connectivity index (χ0) is 10.4. The fourth-order valence-corrected chi connectivity index (χ4v) is 2.26. The molecule has 4 nitrogen and oxygen atoms in total. The lowest BCUT2D eigenvalue weighted by molar-refractivity contribution is -0.115. The topological polar surface area (TPSA) is 68.9 Å². The fraction of sp³-hybridized carbons (Fsp3) is 0.667. The van der Waals surface area contributed by atoms with Gasteiger partial charge in [-0.2, -0.15) is 0 Å². The van der Waals surface area contributed by atoms with Crippen LogP contribution in [0.3, 0.4) is 0 Å². The number of hydrogen-bond donors (Lipinski definition) is 1. The van der Waals surface area contributed by atoms with Crippen molar-refractivity contribution in [2.24, 2.45) is 5.73 Å². The summed E-state index contributed by atoms with van der Waals surface area (Å²) >= 11 is 1.70. The zero-order valence-corrected chi connectivity index (χ0v) is 9.09. The van der Waals surface area contributed by atoms with E-state index >= 15 is 0 Å². The van der Waals surface area contributed by atoms with E-state index < -0.39 is 0 Å². The van der Waals surface area contributed by atoms with Crippen LogP contribution in [0.15, 0.2) is 5.51 Å². The van der Waals surface area contributed by atoms with E-state index in [1.165, 1.54) is 37.6 Å². The smallest absolute Gasteiger partial charge is 0.214 e. The Kier molecular flexibility index (Phi) is 4.52. The van der Waals surface area contributed by atoms with E-state index in [1.807, 2.05) is 5.51 Å². The minimum absolute atomic E-state index is 0. The van der Waals surface area contributed by atoms with Gasteiger partial charge in [-0.1, -0.05) is 12.8 Å². The Morgan fingerprint density at radius 1 is 1.64 bits per heavy atom. The molecule has 0 aliphatic heterocycles. The van der Waals surface area contributed by atoms with E-state index in [0.717, 1.165) is 5.92 Å². The van der Waals surface area contributed by atoms with Crippen molar-refractivity contribution < 1.29 is 6.22 Å². The SMILES string of the molecule is CC(N)=O.[HH].c1nnc(C2CCCC2)s1. The molecule has 1 fully saturated rings. The molecule has 2 rings (SSSR count). The molecule has 1 heterocycles. The molecule has 1 aromatic heterocycles. The van der Waals surface area contributed by atoms with Gasteiger partial charge in [-0.25, -0.2) is 0 Å². The second-order valence-corrected chi connectivity index (χ2v) is 4.23. The average molecular weight is 215 g/mol. The van der Waals surface area contributed by atoms with Crippen LogP contribution in [0.2, 0.25) is 0 Å². The van der Waals surface area contributed by atoms with Crippen LogP contribution in [-0.2, 0) is 4.79 Å². The third-order valence-corrected chi connectivity index (χ3v) is 2.94. The highest BCUT2D eigenvalue weighted by Crippen LogP contribution is 2.34. The number of nitrogens with two attached hydrogens (primary N) is 1. The van der Waals surface area contributed by atoms with Crippen molar-refractivity contribution in [1.29, 1.82) is 0 Å². The summed E-state index contributed by atoms with van der Waals surface area (Å²) < 4.78 is 0.